The predicted octanol–water partition coefficient (Wildman–Crippen LogP) is 4.92. The van der Waals surface area contributed by atoms with E-state index in [4.69, 9.17) is 0 Å². The number of azo groups is 1. The number of benzene rings is 1. The molecule has 2 atom stereocenters. The van der Waals surface area contributed by atoms with Crippen molar-refractivity contribution < 1.29 is 13.2 Å². The summed E-state index contributed by atoms with van der Waals surface area (Å²) < 4.78 is 27.1. The second-order valence-corrected chi connectivity index (χ2v) is 14.3. The van der Waals surface area contributed by atoms with Gasteiger partial charge < -0.3 is 5.32 Å². The van der Waals surface area contributed by atoms with Crippen LogP contribution in [0.25, 0.3) is 0 Å². The molecule has 184 valence electrons. The zero-order valence-corrected chi connectivity index (χ0v) is 22.3. The molecule has 1 unspecified atom stereocenters. The summed E-state index contributed by atoms with van der Waals surface area (Å²) in [6.45, 7) is 12.7. The Bertz CT molecular complexity index is 1250. The Labute approximate surface area is 203 Å². The lowest BCUT2D eigenvalue weighted by atomic mass is 9.60. The van der Waals surface area contributed by atoms with Crippen molar-refractivity contribution in [3.05, 3.63) is 52.5 Å². The second kappa shape index (κ2) is 7.85. The van der Waals surface area contributed by atoms with E-state index in [0.717, 1.165) is 35.2 Å². The minimum absolute atomic E-state index is 0.00359. The summed E-state index contributed by atoms with van der Waals surface area (Å²) in [5, 5.41) is 12.6. The third kappa shape index (κ3) is 4.05. The highest BCUT2D eigenvalue weighted by atomic mass is 32.2. The average molecular weight is 485 g/mol. The number of hydrogen-bond acceptors (Lipinski definition) is 6. The third-order valence-electron chi connectivity index (χ3n) is 7.06. The summed E-state index contributed by atoms with van der Waals surface area (Å²) in [5.74, 6) is 0.789. The fourth-order valence-electron chi connectivity index (χ4n) is 5.55. The first-order chi connectivity index (χ1) is 15.6. The first-order valence-corrected chi connectivity index (χ1v) is 13.2. The Kier molecular flexibility index (Phi) is 5.72. The molecule has 4 rings (SSSR count). The lowest BCUT2D eigenvalue weighted by molar-refractivity contribution is -0.118. The van der Waals surface area contributed by atoms with E-state index in [1.807, 2.05) is 13.0 Å². The molecule has 0 fully saturated rings. The molecular formula is C26H36N4O3S. The molecule has 0 spiro atoms. The molecule has 8 heteroatoms. The van der Waals surface area contributed by atoms with E-state index >= 15 is 0 Å². The summed E-state index contributed by atoms with van der Waals surface area (Å²) in [4.78, 5) is 13.9. The maximum absolute atomic E-state index is 13.7. The van der Waals surface area contributed by atoms with E-state index in [1.165, 1.54) is 18.4 Å². The molecule has 0 radical (unpaired) electrons. The van der Waals surface area contributed by atoms with E-state index < -0.39 is 15.4 Å². The van der Waals surface area contributed by atoms with Crippen LogP contribution >= 0.6 is 0 Å². The molecule has 1 aromatic carbocycles. The van der Waals surface area contributed by atoms with E-state index in [0.29, 0.717) is 12.2 Å². The molecule has 1 N–H and O–H groups in total. The number of Topliss-reactive ketones (excluding diaryl/α,β-unsaturated/α-hetero) is 1. The molecule has 2 heterocycles. The van der Waals surface area contributed by atoms with Crippen LogP contribution in [0.4, 0.5) is 0 Å². The minimum atomic E-state index is -3.64. The number of allylic oxidation sites excluding steroid dienone is 2. The van der Waals surface area contributed by atoms with Gasteiger partial charge in [-0.2, -0.15) is 5.11 Å². The first kappa shape index (κ1) is 24.8. The van der Waals surface area contributed by atoms with Gasteiger partial charge in [0.1, 0.15) is 0 Å². The van der Waals surface area contributed by atoms with Crippen LogP contribution in [-0.4, -0.2) is 38.6 Å². The van der Waals surface area contributed by atoms with Gasteiger partial charge in [0.05, 0.1) is 10.9 Å². The number of carbonyl (C=O) groups is 1. The monoisotopic (exact) mass is 484 g/mol. The van der Waals surface area contributed by atoms with Crippen LogP contribution in [0.15, 0.2) is 62.1 Å². The molecule has 0 aromatic heterocycles. The Morgan fingerprint density at radius 3 is 2.44 bits per heavy atom. The zero-order chi connectivity index (χ0) is 25.3. The summed E-state index contributed by atoms with van der Waals surface area (Å²) in [5.41, 5.74) is 2.31. The number of hydrogen-bond donors (Lipinski definition) is 1. The molecule has 0 bridgehead atoms. The van der Waals surface area contributed by atoms with Crippen molar-refractivity contribution in [3.63, 3.8) is 0 Å². The number of nitrogens with zero attached hydrogens (tertiary/aromatic N) is 3. The quantitative estimate of drug-likeness (QED) is 0.656. The molecule has 0 saturated heterocycles. The van der Waals surface area contributed by atoms with Crippen molar-refractivity contribution in [2.45, 2.75) is 77.2 Å². The lowest BCUT2D eigenvalue weighted by Gasteiger charge is -2.45. The first-order valence-electron chi connectivity index (χ1n) is 11.8. The molecular weight excluding hydrogens is 448 g/mol. The summed E-state index contributed by atoms with van der Waals surface area (Å²) in [6.07, 6.45) is 1.93. The predicted molar refractivity (Wildman–Crippen MR) is 133 cm³/mol. The number of carbonyl (C=O) groups excluding carboxylic acids is 1. The number of nitrogens with one attached hydrogen (secondary N) is 1. The average Bonchev–Trinajstić information content (AvgIpc) is 3.07. The fraction of sp³-hybridized carbons (Fsp3) is 0.577. The lowest BCUT2D eigenvalue weighted by Crippen LogP contribution is -2.46. The van der Waals surface area contributed by atoms with Crippen LogP contribution in [-0.2, 0) is 20.2 Å². The summed E-state index contributed by atoms with van der Waals surface area (Å²) >= 11 is 0. The van der Waals surface area contributed by atoms with E-state index in [-0.39, 0.29) is 27.6 Å². The SMILES string of the molecule is CN(C)S(=O)(=O)c1cccc([C@@]2(C)C3=C(CC(C)(C)CC3=O)NC3=C2C(CC(C)(C)C)N=N3)c1. The second-order valence-electron chi connectivity index (χ2n) is 12.1. The van der Waals surface area contributed by atoms with Crippen molar-refractivity contribution in [3.8, 4) is 0 Å². The van der Waals surface area contributed by atoms with E-state index in [2.05, 4.69) is 50.2 Å². The van der Waals surface area contributed by atoms with Crippen molar-refractivity contribution in [2.24, 2.45) is 21.1 Å². The largest absolute Gasteiger partial charge is 0.342 e. The van der Waals surface area contributed by atoms with Crippen LogP contribution in [0.5, 0.6) is 0 Å². The number of sulfonamides is 1. The number of rotatable bonds is 4. The van der Waals surface area contributed by atoms with Crippen LogP contribution in [0.1, 0.15) is 66.4 Å². The molecule has 2 aliphatic heterocycles. The normalized spacial score (nSPS) is 26.6. The maximum atomic E-state index is 13.7. The molecule has 0 saturated carbocycles. The van der Waals surface area contributed by atoms with Crippen molar-refractivity contribution >= 4 is 15.8 Å². The number of dihydropyridines is 1. The molecule has 0 amide bonds. The maximum Gasteiger partial charge on any atom is 0.242 e. The molecule has 34 heavy (non-hydrogen) atoms. The van der Waals surface area contributed by atoms with Crippen molar-refractivity contribution in [2.75, 3.05) is 14.1 Å². The molecule has 1 aromatic rings. The van der Waals surface area contributed by atoms with Gasteiger partial charge in [0.2, 0.25) is 10.0 Å². The highest BCUT2D eigenvalue weighted by molar-refractivity contribution is 7.89. The number of ketones is 1. The van der Waals surface area contributed by atoms with Crippen LogP contribution < -0.4 is 5.32 Å². The Morgan fingerprint density at radius 1 is 1.15 bits per heavy atom. The summed E-state index contributed by atoms with van der Waals surface area (Å²) in [6, 6.07) is 6.82. The van der Waals surface area contributed by atoms with E-state index in [1.54, 1.807) is 18.2 Å². The zero-order valence-electron chi connectivity index (χ0n) is 21.5. The highest BCUT2D eigenvalue weighted by Crippen LogP contribution is 2.54. The van der Waals surface area contributed by atoms with Gasteiger partial charge in [0.25, 0.3) is 0 Å². The van der Waals surface area contributed by atoms with Crippen molar-refractivity contribution in [1.82, 2.24) is 9.62 Å². The minimum Gasteiger partial charge on any atom is -0.342 e. The molecule has 3 aliphatic rings. The van der Waals surface area contributed by atoms with E-state index in [9.17, 15) is 13.2 Å². The highest BCUT2D eigenvalue weighted by Gasteiger charge is 2.52. The van der Waals surface area contributed by atoms with Crippen LogP contribution in [0, 0.1) is 10.8 Å². The van der Waals surface area contributed by atoms with Gasteiger partial charge in [0.15, 0.2) is 11.6 Å². The Morgan fingerprint density at radius 2 is 1.82 bits per heavy atom. The van der Waals surface area contributed by atoms with Gasteiger partial charge in [-0.1, -0.05) is 46.8 Å². The van der Waals surface area contributed by atoms with Gasteiger partial charge in [-0.3, -0.25) is 4.79 Å². The van der Waals surface area contributed by atoms with Crippen LogP contribution in [0.2, 0.25) is 0 Å². The molecule has 1 aliphatic carbocycles. The van der Waals surface area contributed by atoms with Crippen molar-refractivity contribution in [1.29, 1.82) is 0 Å². The van der Waals surface area contributed by atoms with Gasteiger partial charge >= 0.3 is 0 Å². The standard InChI is InChI=1S/C26H36N4O3S/c1-24(2,3)13-19-22-23(29-28-19)27-18-14-25(4,5)15-20(31)21(18)26(22,6)16-10-9-11-17(12-16)34(32,33)30(7)8/h9-12,19,27H,13-15H2,1-8H3/t19?,26-/m0/s1. The van der Waals surface area contributed by atoms with Gasteiger partial charge in [-0.25, -0.2) is 12.7 Å². The molecule has 7 nitrogen and oxygen atoms in total. The smallest absolute Gasteiger partial charge is 0.242 e. The summed E-state index contributed by atoms with van der Waals surface area (Å²) in [7, 11) is -0.589. The third-order valence-corrected chi connectivity index (χ3v) is 8.88. The van der Waals surface area contributed by atoms with Gasteiger partial charge in [-0.15, -0.1) is 5.11 Å². The topological polar surface area (TPSA) is 91.2 Å². The fourth-order valence-corrected chi connectivity index (χ4v) is 6.49. The Hall–Kier alpha value is -2.32. The Balaban J connectivity index is 1.96. The van der Waals surface area contributed by atoms with Gasteiger partial charge in [0, 0.05) is 42.8 Å². The van der Waals surface area contributed by atoms with Gasteiger partial charge in [-0.05, 0) is 48.3 Å². The van der Waals surface area contributed by atoms with Crippen LogP contribution in [0.3, 0.4) is 0 Å².